The zero-order valence-electron chi connectivity index (χ0n) is 15.3. The van der Waals surface area contributed by atoms with Crippen LogP contribution in [0.1, 0.15) is 34.1 Å². The van der Waals surface area contributed by atoms with Gasteiger partial charge in [-0.3, -0.25) is 14.9 Å². The van der Waals surface area contributed by atoms with Crippen molar-refractivity contribution < 1.29 is 14.5 Å². The lowest BCUT2D eigenvalue weighted by Gasteiger charge is -2.32. The van der Waals surface area contributed by atoms with Gasteiger partial charge in [0.05, 0.1) is 32.8 Å². The molecule has 1 saturated heterocycles. The smallest absolute Gasteiger partial charge is 0.270 e. The quantitative estimate of drug-likeness (QED) is 0.486. The van der Waals surface area contributed by atoms with E-state index in [-0.39, 0.29) is 23.1 Å². The summed E-state index contributed by atoms with van der Waals surface area (Å²) >= 11 is 1.66. The second kappa shape index (κ2) is 7.55. The average Bonchev–Trinajstić information content (AvgIpc) is 3.17. The summed E-state index contributed by atoms with van der Waals surface area (Å²) in [5.74, 6) is 0.267. The van der Waals surface area contributed by atoms with Crippen LogP contribution in [0.5, 0.6) is 5.75 Å². The van der Waals surface area contributed by atoms with Gasteiger partial charge in [-0.2, -0.15) is 0 Å². The highest BCUT2D eigenvalue weighted by Crippen LogP contribution is 2.34. The van der Waals surface area contributed by atoms with Gasteiger partial charge >= 0.3 is 0 Å². The number of hydrogen-bond donors (Lipinski definition) is 0. The highest BCUT2D eigenvalue weighted by atomic mass is 32.1. The maximum Gasteiger partial charge on any atom is 0.270 e. The molecule has 28 heavy (non-hydrogen) atoms. The number of piperidine rings is 1. The summed E-state index contributed by atoms with van der Waals surface area (Å²) < 4.78 is 6.40. The van der Waals surface area contributed by atoms with Crippen molar-refractivity contribution in [3.8, 4) is 5.75 Å². The van der Waals surface area contributed by atoms with E-state index in [1.807, 2.05) is 18.2 Å². The molecule has 2 aromatic carbocycles. The molecule has 7 nitrogen and oxygen atoms in total. The van der Waals surface area contributed by atoms with Crippen LogP contribution in [-0.2, 0) is 0 Å². The summed E-state index contributed by atoms with van der Waals surface area (Å²) in [6.45, 7) is 1.16. The van der Waals surface area contributed by atoms with Crippen molar-refractivity contribution in [3.05, 3.63) is 63.1 Å². The number of likely N-dealkylation sites (tertiary alicyclic amines) is 1. The third-order valence-electron chi connectivity index (χ3n) is 4.99. The number of amides is 1. The van der Waals surface area contributed by atoms with Gasteiger partial charge in [-0.25, -0.2) is 4.98 Å². The van der Waals surface area contributed by atoms with Crippen molar-refractivity contribution in [2.75, 3.05) is 20.2 Å². The van der Waals surface area contributed by atoms with Crippen LogP contribution in [0.4, 0.5) is 5.69 Å². The van der Waals surface area contributed by atoms with Crippen LogP contribution in [0.25, 0.3) is 10.2 Å². The minimum Gasteiger partial charge on any atom is -0.496 e. The number of hydrogen-bond acceptors (Lipinski definition) is 6. The fraction of sp³-hybridized carbons (Fsp3) is 0.300. The molecule has 0 N–H and O–H groups in total. The molecule has 0 aliphatic carbocycles. The Morgan fingerprint density at radius 1 is 1.32 bits per heavy atom. The molecule has 0 saturated carbocycles. The van der Waals surface area contributed by atoms with Crippen LogP contribution < -0.4 is 4.74 Å². The van der Waals surface area contributed by atoms with Gasteiger partial charge in [0, 0.05) is 31.1 Å². The van der Waals surface area contributed by atoms with Crippen molar-refractivity contribution in [3.63, 3.8) is 0 Å². The van der Waals surface area contributed by atoms with E-state index in [1.165, 1.54) is 25.3 Å². The summed E-state index contributed by atoms with van der Waals surface area (Å²) in [4.78, 5) is 30.2. The lowest BCUT2D eigenvalue weighted by molar-refractivity contribution is -0.384. The number of para-hydroxylation sites is 1. The van der Waals surface area contributed by atoms with E-state index >= 15 is 0 Å². The van der Waals surface area contributed by atoms with Gasteiger partial charge in [0.15, 0.2) is 0 Å². The van der Waals surface area contributed by atoms with Crippen molar-refractivity contribution in [2.45, 2.75) is 18.8 Å². The van der Waals surface area contributed by atoms with Crippen molar-refractivity contribution in [2.24, 2.45) is 0 Å². The molecule has 0 unspecified atom stereocenters. The molecule has 1 fully saturated rings. The number of nitro benzene ring substituents is 1. The fourth-order valence-corrected chi connectivity index (χ4v) is 4.67. The predicted molar refractivity (Wildman–Crippen MR) is 107 cm³/mol. The first-order chi connectivity index (χ1) is 13.6. The number of aromatic nitrogens is 1. The van der Waals surface area contributed by atoms with E-state index in [0.29, 0.717) is 18.8 Å². The lowest BCUT2D eigenvalue weighted by atomic mass is 9.97. The Kier molecular flexibility index (Phi) is 4.95. The van der Waals surface area contributed by atoms with E-state index in [2.05, 4.69) is 6.07 Å². The van der Waals surface area contributed by atoms with Gasteiger partial charge in [0.1, 0.15) is 5.75 Å². The Morgan fingerprint density at radius 2 is 2.14 bits per heavy atom. The molecule has 4 rings (SSSR count). The number of benzene rings is 2. The lowest BCUT2D eigenvalue weighted by Crippen LogP contribution is -2.39. The first-order valence-corrected chi connectivity index (χ1v) is 9.85. The molecule has 0 radical (unpaired) electrons. The molecular weight excluding hydrogens is 378 g/mol. The Balaban J connectivity index is 1.60. The second-order valence-corrected chi connectivity index (χ2v) is 7.81. The first-order valence-electron chi connectivity index (χ1n) is 9.04. The van der Waals surface area contributed by atoms with Crippen LogP contribution in [0, 0.1) is 10.1 Å². The molecule has 1 atom stereocenters. The number of methoxy groups -OCH3 is 1. The van der Waals surface area contributed by atoms with E-state index in [0.717, 1.165) is 28.1 Å². The molecule has 1 aliphatic rings. The number of rotatable bonds is 4. The number of fused-ring (bicyclic) bond motifs is 1. The largest absolute Gasteiger partial charge is 0.496 e. The molecule has 2 heterocycles. The normalized spacial score (nSPS) is 16.9. The van der Waals surface area contributed by atoms with Crippen LogP contribution in [-0.4, -0.2) is 40.9 Å². The average molecular weight is 397 g/mol. The highest BCUT2D eigenvalue weighted by molar-refractivity contribution is 7.18. The van der Waals surface area contributed by atoms with Crippen molar-refractivity contribution in [1.82, 2.24) is 9.88 Å². The van der Waals surface area contributed by atoms with Crippen LogP contribution >= 0.6 is 11.3 Å². The number of nitrogens with zero attached hydrogens (tertiary/aromatic N) is 3. The molecule has 0 bridgehead atoms. The molecule has 1 aliphatic heterocycles. The Bertz CT molecular complexity index is 1020. The summed E-state index contributed by atoms with van der Waals surface area (Å²) in [5.41, 5.74) is 1.08. The Labute approximate surface area is 165 Å². The van der Waals surface area contributed by atoms with Crippen molar-refractivity contribution >= 4 is 33.1 Å². The molecule has 1 aromatic heterocycles. The number of thiazole rings is 1. The zero-order chi connectivity index (χ0) is 19.7. The van der Waals surface area contributed by atoms with Crippen LogP contribution in [0.3, 0.4) is 0 Å². The maximum atomic E-state index is 13.1. The van der Waals surface area contributed by atoms with Crippen molar-refractivity contribution in [1.29, 1.82) is 0 Å². The molecule has 0 spiro atoms. The highest BCUT2D eigenvalue weighted by Gasteiger charge is 2.29. The molecule has 1 amide bonds. The number of carbonyl (C=O) groups excluding carboxylic acids is 1. The van der Waals surface area contributed by atoms with Crippen LogP contribution in [0.15, 0.2) is 42.5 Å². The Morgan fingerprint density at radius 3 is 2.89 bits per heavy atom. The Hall–Kier alpha value is -3.00. The van der Waals surface area contributed by atoms with Gasteiger partial charge in [-0.15, -0.1) is 11.3 Å². The second-order valence-electron chi connectivity index (χ2n) is 6.75. The minimum absolute atomic E-state index is 0.121. The fourth-order valence-electron chi connectivity index (χ4n) is 3.57. The van der Waals surface area contributed by atoms with E-state index in [9.17, 15) is 14.9 Å². The number of nitro groups is 1. The minimum atomic E-state index is -0.504. The van der Waals surface area contributed by atoms with E-state index in [4.69, 9.17) is 9.72 Å². The van der Waals surface area contributed by atoms with Gasteiger partial charge < -0.3 is 9.64 Å². The van der Waals surface area contributed by atoms with E-state index < -0.39 is 4.92 Å². The van der Waals surface area contributed by atoms with Gasteiger partial charge in [0.25, 0.3) is 11.6 Å². The summed E-state index contributed by atoms with van der Waals surface area (Å²) in [6.07, 6.45) is 1.83. The topological polar surface area (TPSA) is 85.6 Å². The summed E-state index contributed by atoms with van der Waals surface area (Å²) in [6, 6.07) is 12.1. The molecule has 3 aromatic rings. The van der Waals surface area contributed by atoms with Gasteiger partial charge in [0.2, 0.25) is 0 Å². The van der Waals surface area contributed by atoms with Crippen LogP contribution in [0.2, 0.25) is 0 Å². The molecule has 8 heteroatoms. The van der Waals surface area contributed by atoms with Gasteiger partial charge in [-0.05, 0) is 31.0 Å². The molecular formula is C20H19N3O4S. The predicted octanol–water partition coefficient (Wildman–Crippen LogP) is 4.23. The molecule has 144 valence electrons. The summed E-state index contributed by atoms with van der Waals surface area (Å²) in [5, 5.41) is 12.1. The third kappa shape index (κ3) is 3.43. The zero-order valence-corrected chi connectivity index (χ0v) is 16.1. The van der Waals surface area contributed by atoms with Gasteiger partial charge in [-0.1, -0.05) is 12.1 Å². The SMILES string of the molecule is COc1ccc([N+](=O)[O-])cc1C(=O)N1CCC[C@@H](c2nc3ccccc3s2)C1. The third-order valence-corrected chi connectivity index (χ3v) is 6.19. The van der Waals surface area contributed by atoms with E-state index in [1.54, 1.807) is 16.2 Å². The standard InChI is InChI=1S/C20H19N3O4S/c1-27-17-9-8-14(23(25)26)11-15(17)20(24)22-10-4-5-13(12-22)19-21-16-6-2-3-7-18(16)28-19/h2-3,6-9,11,13H,4-5,10,12H2,1H3/t13-/m1/s1. The maximum absolute atomic E-state index is 13.1. The monoisotopic (exact) mass is 397 g/mol. The number of carbonyl (C=O) groups is 1. The summed E-state index contributed by atoms with van der Waals surface area (Å²) in [7, 11) is 1.46. The number of non-ortho nitro benzene ring substituents is 1. The first kappa shape index (κ1) is 18.4. The number of ether oxygens (including phenoxy) is 1.